The van der Waals surface area contributed by atoms with Gasteiger partial charge in [0.1, 0.15) is 17.3 Å². The Morgan fingerprint density at radius 2 is 1.94 bits per heavy atom. The molecule has 0 bridgehead atoms. The number of amides is 1. The molecule has 1 aromatic heterocycles. The van der Waals surface area contributed by atoms with Crippen molar-refractivity contribution in [3.8, 4) is 5.75 Å². The van der Waals surface area contributed by atoms with Crippen molar-refractivity contribution in [2.24, 2.45) is 0 Å². The summed E-state index contributed by atoms with van der Waals surface area (Å²) in [5, 5.41) is 22.2. The highest BCUT2D eigenvalue weighted by molar-refractivity contribution is 6.46. The molecule has 9 nitrogen and oxygen atoms in total. The zero-order valence-corrected chi connectivity index (χ0v) is 16.9. The monoisotopic (exact) mass is 434 g/mol. The molecule has 1 N–H and O–H groups in total. The van der Waals surface area contributed by atoms with Gasteiger partial charge in [-0.1, -0.05) is 24.3 Å². The van der Waals surface area contributed by atoms with Crippen LogP contribution in [0, 0.1) is 10.1 Å². The standard InChI is InChI=1S/C23H18N2O7/c1-31-17-8-3-5-14(12-17)20-19(21(26)15-6-2-7-16(11-15)25(29)30)22(27)23(28)24(20)13-18-9-4-10-32-18/h2-12,20,26H,13H2,1H3/b21-19+/t20-/m1/s1. The van der Waals surface area contributed by atoms with Gasteiger partial charge in [0.2, 0.25) is 0 Å². The molecule has 1 atom stereocenters. The highest BCUT2D eigenvalue weighted by Crippen LogP contribution is 2.41. The second-order valence-corrected chi connectivity index (χ2v) is 7.09. The van der Waals surface area contributed by atoms with E-state index in [1.54, 1.807) is 36.4 Å². The van der Waals surface area contributed by atoms with Crippen LogP contribution in [0.3, 0.4) is 0 Å². The van der Waals surface area contributed by atoms with Gasteiger partial charge < -0.3 is 19.2 Å². The first kappa shape index (κ1) is 20.9. The molecule has 32 heavy (non-hydrogen) atoms. The zero-order chi connectivity index (χ0) is 22.8. The van der Waals surface area contributed by atoms with Gasteiger partial charge in [0, 0.05) is 17.7 Å². The lowest BCUT2D eigenvalue weighted by Gasteiger charge is -2.24. The summed E-state index contributed by atoms with van der Waals surface area (Å²) in [6, 6.07) is 14.4. The second kappa shape index (κ2) is 8.38. The van der Waals surface area contributed by atoms with Crippen LogP contribution in [0.4, 0.5) is 5.69 Å². The van der Waals surface area contributed by atoms with Crippen molar-refractivity contribution in [3.63, 3.8) is 0 Å². The first-order valence-electron chi connectivity index (χ1n) is 9.60. The van der Waals surface area contributed by atoms with Gasteiger partial charge in [0.25, 0.3) is 17.4 Å². The van der Waals surface area contributed by atoms with Crippen LogP contribution in [-0.2, 0) is 16.1 Å². The van der Waals surface area contributed by atoms with E-state index in [-0.39, 0.29) is 23.4 Å². The fourth-order valence-electron chi connectivity index (χ4n) is 3.69. The smallest absolute Gasteiger partial charge is 0.296 e. The summed E-state index contributed by atoms with van der Waals surface area (Å²) in [7, 11) is 1.49. The minimum Gasteiger partial charge on any atom is -0.507 e. The number of rotatable bonds is 6. The molecular formula is C23H18N2O7. The topological polar surface area (TPSA) is 123 Å². The van der Waals surface area contributed by atoms with Crippen molar-refractivity contribution in [2.75, 3.05) is 7.11 Å². The lowest BCUT2D eigenvalue weighted by atomic mass is 9.95. The largest absolute Gasteiger partial charge is 0.507 e. The molecule has 0 radical (unpaired) electrons. The summed E-state index contributed by atoms with van der Waals surface area (Å²) in [5.41, 5.74) is 0.164. The number of carbonyl (C=O) groups is 2. The van der Waals surface area contributed by atoms with E-state index in [0.29, 0.717) is 17.1 Å². The summed E-state index contributed by atoms with van der Waals surface area (Å²) in [4.78, 5) is 37.8. The van der Waals surface area contributed by atoms with Gasteiger partial charge in [0.15, 0.2) is 0 Å². The normalized spacial score (nSPS) is 17.5. The van der Waals surface area contributed by atoms with Crippen LogP contribution in [0.2, 0.25) is 0 Å². The Hall–Kier alpha value is -4.40. The summed E-state index contributed by atoms with van der Waals surface area (Å²) >= 11 is 0. The van der Waals surface area contributed by atoms with E-state index in [0.717, 1.165) is 6.07 Å². The third kappa shape index (κ3) is 3.71. The molecule has 2 aromatic carbocycles. The number of ether oxygens (including phenoxy) is 1. The van der Waals surface area contributed by atoms with Gasteiger partial charge in [0.05, 0.1) is 36.5 Å². The Kier molecular flexibility index (Phi) is 5.46. The van der Waals surface area contributed by atoms with Gasteiger partial charge in [-0.2, -0.15) is 0 Å². The van der Waals surface area contributed by atoms with Crippen molar-refractivity contribution in [2.45, 2.75) is 12.6 Å². The predicted octanol–water partition coefficient (Wildman–Crippen LogP) is 3.82. The summed E-state index contributed by atoms with van der Waals surface area (Å²) in [5.74, 6) is -1.26. The average molecular weight is 434 g/mol. The van der Waals surface area contributed by atoms with Crippen molar-refractivity contribution >= 4 is 23.1 Å². The van der Waals surface area contributed by atoms with Gasteiger partial charge in [-0.05, 0) is 29.8 Å². The molecule has 3 aromatic rings. The highest BCUT2D eigenvalue weighted by Gasteiger charge is 2.46. The molecule has 1 fully saturated rings. The molecule has 0 aliphatic carbocycles. The number of methoxy groups -OCH3 is 1. The fraction of sp³-hybridized carbons (Fsp3) is 0.130. The number of furan rings is 1. The van der Waals surface area contributed by atoms with Crippen LogP contribution in [0.5, 0.6) is 5.75 Å². The lowest BCUT2D eigenvalue weighted by Crippen LogP contribution is -2.29. The molecule has 1 amide bonds. The Morgan fingerprint density at radius 1 is 1.16 bits per heavy atom. The quantitative estimate of drug-likeness (QED) is 0.206. The molecule has 2 heterocycles. The minimum absolute atomic E-state index is 0.00876. The van der Waals surface area contributed by atoms with E-state index < -0.39 is 28.4 Å². The number of Topliss-reactive ketones (excluding diaryl/α,β-unsaturated/α-hetero) is 1. The number of carbonyl (C=O) groups excluding carboxylic acids is 2. The summed E-state index contributed by atoms with van der Waals surface area (Å²) in [6.45, 7) is -0.00876. The van der Waals surface area contributed by atoms with E-state index in [9.17, 15) is 24.8 Å². The summed E-state index contributed by atoms with van der Waals surface area (Å²) in [6.07, 6.45) is 1.45. The number of benzene rings is 2. The molecule has 1 saturated heterocycles. The number of likely N-dealkylation sites (tertiary alicyclic amines) is 1. The number of aliphatic hydroxyl groups is 1. The van der Waals surface area contributed by atoms with Gasteiger partial charge >= 0.3 is 0 Å². The van der Waals surface area contributed by atoms with Crippen LogP contribution in [0.15, 0.2) is 76.9 Å². The van der Waals surface area contributed by atoms with Gasteiger partial charge in [-0.25, -0.2) is 0 Å². The van der Waals surface area contributed by atoms with Gasteiger partial charge in [-0.3, -0.25) is 19.7 Å². The number of nitro benzene ring substituents is 1. The van der Waals surface area contributed by atoms with Crippen molar-refractivity contribution in [1.82, 2.24) is 4.90 Å². The number of hydrogen-bond acceptors (Lipinski definition) is 7. The minimum atomic E-state index is -0.950. The molecule has 0 unspecified atom stereocenters. The number of non-ortho nitro benzene ring substituents is 1. The third-order valence-electron chi connectivity index (χ3n) is 5.19. The van der Waals surface area contributed by atoms with E-state index >= 15 is 0 Å². The molecule has 0 saturated carbocycles. The van der Waals surface area contributed by atoms with E-state index in [1.165, 1.54) is 36.5 Å². The molecule has 162 valence electrons. The Morgan fingerprint density at radius 3 is 2.62 bits per heavy atom. The predicted molar refractivity (Wildman–Crippen MR) is 113 cm³/mol. The molecule has 0 spiro atoms. The number of aliphatic hydroxyl groups excluding tert-OH is 1. The first-order valence-corrected chi connectivity index (χ1v) is 9.60. The SMILES string of the molecule is COc1cccc([C@@H]2/C(=C(\O)c3cccc([N+](=O)[O-])c3)C(=O)C(=O)N2Cc2ccco2)c1. The fourth-order valence-corrected chi connectivity index (χ4v) is 3.69. The molecule has 1 aliphatic rings. The lowest BCUT2D eigenvalue weighted by molar-refractivity contribution is -0.384. The van der Waals surface area contributed by atoms with Crippen LogP contribution in [-0.4, -0.2) is 33.7 Å². The molecule has 1 aliphatic heterocycles. The number of hydrogen-bond donors (Lipinski definition) is 1. The third-order valence-corrected chi connectivity index (χ3v) is 5.19. The maximum Gasteiger partial charge on any atom is 0.296 e. The van der Waals surface area contributed by atoms with Gasteiger partial charge in [-0.15, -0.1) is 0 Å². The zero-order valence-electron chi connectivity index (χ0n) is 16.9. The van der Waals surface area contributed by atoms with Crippen LogP contribution in [0.25, 0.3) is 5.76 Å². The van der Waals surface area contributed by atoms with Crippen molar-refractivity contribution < 1.29 is 28.8 Å². The van der Waals surface area contributed by atoms with Crippen molar-refractivity contribution in [3.05, 3.63) is 99.5 Å². The van der Waals surface area contributed by atoms with E-state index in [4.69, 9.17) is 9.15 Å². The van der Waals surface area contributed by atoms with Crippen molar-refractivity contribution in [1.29, 1.82) is 0 Å². The summed E-state index contributed by atoms with van der Waals surface area (Å²) < 4.78 is 10.6. The maximum atomic E-state index is 13.0. The maximum absolute atomic E-state index is 13.0. The molecule has 4 rings (SSSR count). The number of nitrogens with zero attached hydrogens (tertiary/aromatic N) is 2. The number of nitro groups is 1. The Balaban J connectivity index is 1.89. The number of ketones is 1. The van der Waals surface area contributed by atoms with E-state index in [1.807, 2.05) is 0 Å². The van der Waals surface area contributed by atoms with Crippen LogP contribution < -0.4 is 4.74 Å². The second-order valence-electron chi connectivity index (χ2n) is 7.09. The Labute approximate surface area is 182 Å². The van der Waals surface area contributed by atoms with Crippen LogP contribution >= 0.6 is 0 Å². The average Bonchev–Trinajstić information content (AvgIpc) is 3.41. The Bertz CT molecular complexity index is 1230. The molecular weight excluding hydrogens is 416 g/mol. The first-order chi connectivity index (χ1) is 15.4. The molecule has 9 heteroatoms. The van der Waals surface area contributed by atoms with Crippen LogP contribution in [0.1, 0.15) is 22.9 Å². The highest BCUT2D eigenvalue weighted by atomic mass is 16.6. The van der Waals surface area contributed by atoms with E-state index in [2.05, 4.69) is 0 Å².